The molecule has 0 aromatic heterocycles. The third-order valence-electron chi connectivity index (χ3n) is 2.02. The van der Waals surface area contributed by atoms with E-state index < -0.39 is 19.4 Å². The molecular formula is C11H21O5P. The predicted octanol–water partition coefficient (Wildman–Crippen LogP) is 2.96. The van der Waals surface area contributed by atoms with Gasteiger partial charge in [0.15, 0.2) is 0 Å². The van der Waals surface area contributed by atoms with Gasteiger partial charge in [-0.15, -0.1) is 0 Å². The molecule has 0 amide bonds. The lowest BCUT2D eigenvalue weighted by Crippen LogP contribution is -2.16. The number of esters is 1. The van der Waals surface area contributed by atoms with Gasteiger partial charge in [-0.1, -0.05) is 19.9 Å². The Morgan fingerprint density at radius 3 is 2.18 bits per heavy atom. The van der Waals surface area contributed by atoms with Crippen LogP contribution in [0.3, 0.4) is 0 Å². The third kappa shape index (κ3) is 6.01. The number of hydrogen-bond acceptors (Lipinski definition) is 5. The number of hydrogen-bond donors (Lipinski definition) is 0. The van der Waals surface area contributed by atoms with Crippen LogP contribution in [0.5, 0.6) is 0 Å². The molecule has 100 valence electrons. The van der Waals surface area contributed by atoms with Crippen molar-refractivity contribution in [3.05, 3.63) is 12.2 Å². The van der Waals surface area contributed by atoms with Crippen LogP contribution in [0.1, 0.15) is 27.2 Å². The van der Waals surface area contributed by atoms with Gasteiger partial charge in [0.2, 0.25) is 5.85 Å². The molecule has 0 aromatic rings. The summed E-state index contributed by atoms with van der Waals surface area (Å²) in [6.07, 6.45) is 4.16. The lowest BCUT2D eigenvalue weighted by molar-refractivity contribution is -0.141. The number of carbonyl (C=O) groups excluding carboxylic acids is 1. The van der Waals surface area contributed by atoms with Crippen molar-refractivity contribution < 1.29 is 23.1 Å². The first-order chi connectivity index (χ1) is 7.85. The minimum atomic E-state index is -3.43. The Bertz CT molecular complexity index is 303. The molecule has 0 rings (SSSR count). The fourth-order valence-corrected chi connectivity index (χ4v) is 2.30. The summed E-state index contributed by atoms with van der Waals surface area (Å²) in [6.45, 7) is 5.35. The molecular weight excluding hydrogens is 243 g/mol. The van der Waals surface area contributed by atoms with E-state index in [0.29, 0.717) is 5.92 Å². The van der Waals surface area contributed by atoms with Gasteiger partial charge in [0.1, 0.15) is 0 Å². The minimum absolute atomic E-state index is 0.466. The van der Waals surface area contributed by atoms with E-state index in [4.69, 9.17) is 13.8 Å². The standard InChI is InChI=1S/C11H21O5P/c1-9(2)7-6-8-11(16-10(3)12)17(13,14-4)15-5/h6,8-9,11H,7H2,1-5H3/b8-6+. The molecule has 6 heteroatoms. The average Bonchev–Trinajstić information content (AvgIpc) is 2.25. The normalized spacial score (nSPS) is 14.2. The summed E-state index contributed by atoms with van der Waals surface area (Å²) in [5.41, 5.74) is 0. The van der Waals surface area contributed by atoms with Crippen molar-refractivity contribution in [2.75, 3.05) is 14.2 Å². The molecule has 0 radical (unpaired) electrons. The fourth-order valence-electron chi connectivity index (χ4n) is 1.13. The summed E-state index contributed by atoms with van der Waals surface area (Å²) < 4.78 is 26.7. The van der Waals surface area contributed by atoms with Crippen molar-refractivity contribution in [1.82, 2.24) is 0 Å². The van der Waals surface area contributed by atoms with Gasteiger partial charge in [-0.05, 0) is 18.4 Å². The van der Waals surface area contributed by atoms with Crippen molar-refractivity contribution in [3.8, 4) is 0 Å². The molecule has 0 saturated heterocycles. The molecule has 0 heterocycles. The maximum atomic E-state index is 12.1. The van der Waals surface area contributed by atoms with E-state index in [1.165, 1.54) is 21.1 Å². The molecule has 17 heavy (non-hydrogen) atoms. The zero-order valence-electron chi connectivity index (χ0n) is 11.0. The predicted molar refractivity (Wildman–Crippen MR) is 65.8 cm³/mol. The maximum absolute atomic E-state index is 12.1. The Balaban J connectivity index is 4.81. The molecule has 0 saturated carbocycles. The molecule has 0 fully saturated rings. The summed E-state index contributed by atoms with van der Waals surface area (Å²) >= 11 is 0. The third-order valence-corrected chi connectivity index (χ3v) is 3.93. The van der Waals surface area contributed by atoms with E-state index in [9.17, 15) is 9.36 Å². The number of allylic oxidation sites excluding steroid dienone is 1. The van der Waals surface area contributed by atoms with Gasteiger partial charge in [-0.3, -0.25) is 9.36 Å². The van der Waals surface area contributed by atoms with Gasteiger partial charge in [0, 0.05) is 21.1 Å². The Kier molecular flexibility index (Phi) is 7.35. The van der Waals surface area contributed by atoms with E-state index >= 15 is 0 Å². The van der Waals surface area contributed by atoms with Gasteiger partial charge < -0.3 is 13.8 Å². The highest BCUT2D eigenvalue weighted by atomic mass is 31.2. The first kappa shape index (κ1) is 16.4. The van der Waals surface area contributed by atoms with Gasteiger partial charge in [0.05, 0.1) is 0 Å². The summed E-state index contributed by atoms with van der Waals surface area (Å²) in [4.78, 5) is 10.9. The smallest absolute Gasteiger partial charge is 0.374 e. The summed E-state index contributed by atoms with van der Waals surface area (Å²) in [5.74, 6) is -1.05. The molecule has 1 unspecified atom stereocenters. The number of ether oxygens (including phenoxy) is 1. The topological polar surface area (TPSA) is 61.8 Å². The van der Waals surface area contributed by atoms with Crippen LogP contribution in [0, 0.1) is 5.92 Å². The second kappa shape index (κ2) is 7.64. The lowest BCUT2D eigenvalue weighted by Gasteiger charge is -2.21. The summed E-state index contributed by atoms with van der Waals surface area (Å²) in [7, 11) is -0.913. The molecule has 0 bridgehead atoms. The Morgan fingerprint density at radius 1 is 1.29 bits per heavy atom. The first-order valence-electron chi connectivity index (χ1n) is 5.40. The van der Waals surface area contributed by atoms with E-state index in [-0.39, 0.29) is 0 Å². The van der Waals surface area contributed by atoms with Crippen LogP contribution in [-0.2, 0) is 23.1 Å². The Labute approximate surface area is 103 Å². The maximum Gasteiger partial charge on any atom is 0.374 e. The van der Waals surface area contributed by atoms with Crippen LogP contribution in [0.2, 0.25) is 0 Å². The number of rotatable bonds is 7. The van der Waals surface area contributed by atoms with Crippen molar-refractivity contribution in [3.63, 3.8) is 0 Å². The monoisotopic (exact) mass is 264 g/mol. The van der Waals surface area contributed by atoms with Gasteiger partial charge >= 0.3 is 13.6 Å². The van der Waals surface area contributed by atoms with Crippen molar-refractivity contribution >= 4 is 13.6 Å². The van der Waals surface area contributed by atoms with Crippen LogP contribution >= 0.6 is 7.60 Å². The number of carbonyl (C=O) groups is 1. The van der Waals surface area contributed by atoms with E-state index in [2.05, 4.69) is 13.8 Å². The van der Waals surface area contributed by atoms with Crippen LogP contribution < -0.4 is 0 Å². The van der Waals surface area contributed by atoms with E-state index in [1.807, 2.05) is 6.08 Å². The molecule has 0 aliphatic carbocycles. The summed E-state index contributed by atoms with van der Waals surface area (Å²) in [6, 6.07) is 0. The molecule has 0 aliphatic heterocycles. The molecule has 0 spiro atoms. The van der Waals surface area contributed by atoms with Crippen LogP contribution in [0.4, 0.5) is 0 Å². The zero-order valence-corrected chi connectivity index (χ0v) is 11.9. The lowest BCUT2D eigenvalue weighted by atomic mass is 10.1. The van der Waals surface area contributed by atoms with E-state index in [0.717, 1.165) is 6.42 Å². The quantitative estimate of drug-likeness (QED) is 0.402. The largest absolute Gasteiger partial charge is 0.445 e. The fraction of sp³-hybridized carbons (Fsp3) is 0.727. The molecule has 0 aliphatic rings. The van der Waals surface area contributed by atoms with Crippen molar-refractivity contribution in [2.24, 2.45) is 5.92 Å². The highest BCUT2D eigenvalue weighted by Crippen LogP contribution is 2.52. The Morgan fingerprint density at radius 2 is 1.82 bits per heavy atom. The van der Waals surface area contributed by atoms with Gasteiger partial charge in [0.25, 0.3) is 0 Å². The highest BCUT2D eigenvalue weighted by molar-refractivity contribution is 7.54. The van der Waals surface area contributed by atoms with Crippen LogP contribution in [0.25, 0.3) is 0 Å². The molecule has 5 nitrogen and oxygen atoms in total. The molecule has 0 aromatic carbocycles. The average molecular weight is 264 g/mol. The van der Waals surface area contributed by atoms with E-state index in [1.54, 1.807) is 6.08 Å². The van der Waals surface area contributed by atoms with Crippen LogP contribution in [-0.4, -0.2) is 26.0 Å². The molecule has 0 N–H and O–H groups in total. The van der Waals surface area contributed by atoms with Crippen molar-refractivity contribution in [2.45, 2.75) is 33.0 Å². The second-order valence-corrected chi connectivity index (χ2v) is 6.28. The summed E-state index contributed by atoms with van der Waals surface area (Å²) in [5, 5.41) is 0. The Hall–Kier alpha value is -0.640. The highest BCUT2D eigenvalue weighted by Gasteiger charge is 2.34. The van der Waals surface area contributed by atoms with Crippen molar-refractivity contribution in [1.29, 1.82) is 0 Å². The van der Waals surface area contributed by atoms with Crippen LogP contribution in [0.15, 0.2) is 12.2 Å². The van der Waals surface area contributed by atoms with Gasteiger partial charge in [-0.25, -0.2) is 0 Å². The minimum Gasteiger partial charge on any atom is -0.445 e. The SMILES string of the molecule is COP(=O)(OC)C(/C=C/CC(C)C)OC(C)=O. The zero-order chi connectivity index (χ0) is 13.5. The second-order valence-electron chi connectivity index (χ2n) is 3.96. The van der Waals surface area contributed by atoms with Gasteiger partial charge in [-0.2, -0.15) is 0 Å². The molecule has 1 atom stereocenters. The first-order valence-corrected chi connectivity index (χ1v) is 7.02.